The summed E-state index contributed by atoms with van der Waals surface area (Å²) in [5, 5.41) is 20.4. The van der Waals surface area contributed by atoms with Crippen LogP contribution in [0.3, 0.4) is 0 Å². The summed E-state index contributed by atoms with van der Waals surface area (Å²) in [5.41, 5.74) is -0.923. The molecule has 0 saturated heterocycles. The fourth-order valence-corrected chi connectivity index (χ4v) is 1.49. The third-order valence-electron chi connectivity index (χ3n) is 2.49. The molecule has 0 amide bonds. The third kappa shape index (κ3) is 2.71. The van der Waals surface area contributed by atoms with E-state index in [4.69, 9.17) is 11.6 Å². The van der Waals surface area contributed by atoms with Crippen molar-refractivity contribution in [1.29, 1.82) is 0 Å². The summed E-state index contributed by atoms with van der Waals surface area (Å²) >= 11 is 6.01. The molecule has 0 aliphatic carbocycles. The van der Waals surface area contributed by atoms with Crippen molar-refractivity contribution >= 4 is 17.3 Å². The predicted molar refractivity (Wildman–Crippen MR) is 62.8 cm³/mol. The van der Waals surface area contributed by atoms with Gasteiger partial charge in [0.05, 0.1) is 4.92 Å². The van der Waals surface area contributed by atoms with Crippen LogP contribution in [0.25, 0.3) is 0 Å². The van der Waals surface area contributed by atoms with Gasteiger partial charge in [-0.3, -0.25) is 20.2 Å². The van der Waals surface area contributed by atoms with Gasteiger partial charge >= 0.3 is 0 Å². The second-order valence-corrected chi connectivity index (χ2v) is 4.56. The van der Waals surface area contributed by atoms with Crippen LogP contribution in [0.5, 0.6) is 0 Å². The van der Waals surface area contributed by atoms with Crippen LogP contribution in [-0.4, -0.2) is 15.4 Å². The molecule has 0 radical (unpaired) electrons. The summed E-state index contributed by atoms with van der Waals surface area (Å²) < 4.78 is 0. The van der Waals surface area contributed by atoms with Crippen molar-refractivity contribution in [3.05, 3.63) is 50.1 Å². The van der Waals surface area contributed by atoms with Gasteiger partial charge in [-0.05, 0) is 5.56 Å². The molecule has 1 aromatic carbocycles. The molecule has 0 heterocycles. The van der Waals surface area contributed by atoms with Crippen LogP contribution in [0.15, 0.2) is 24.3 Å². The highest BCUT2D eigenvalue weighted by Crippen LogP contribution is 2.34. The second-order valence-electron chi connectivity index (χ2n) is 4.12. The van der Waals surface area contributed by atoms with Gasteiger partial charge in [-0.25, -0.2) is 0 Å². The van der Waals surface area contributed by atoms with Crippen molar-refractivity contribution < 1.29 is 9.85 Å². The van der Waals surface area contributed by atoms with Gasteiger partial charge in [0.25, 0.3) is 5.69 Å². The molecule has 92 valence electrons. The molecular weight excluding hydrogens is 248 g/mol. The zero-order valence-corrected chi connectivity index (χ0v) is 10.0. The molecule has 1 aromatic rings. The average molecular weight is 259 g/mol. The lowest BCUT2D eigenvalue weighted by Crippen LogP contribution is -2.35. The highest BCUT2D eigenvalue weighted by molar-refractivity contribution is 6.21. The number of hydrogen-bond acceptors (Lipinski definition) is 4. The molecule has 1 unspecified atom stereocenters. The molecule has 0 spiro atoms. The predicted octanol–water partition coefficient (Wildman–Crippen LogP) is 2.93. The summed E-state index contributed by atoms with van der Waals surface area (Å²) in [6.45, 7) is 2.82. The van der Waals surface area contributed by atoms with Crippen molar-refractivity contribution in [2.24, 2.45) is 0 Å². The Bertz CT molecular complexity index is 444. The zero-order chi connectivity index (χ0) is 13.2. The summed E-state index contributed by atoms with van der Waals surface area (Å²) in [7, 11) is 0. The van der Waals surface area contributed by atoms with Crippen LogP contribution in [-0.2, 0) is 0 Å². The lowest BCUT2D eigenvalue weighted by atomic mass is 9.95. The molecule has 1 atom stereocenters. The summed E-state index contributed by atoms with van der Waals surface area (Å²) in [4.78, 5) is 20.3. The molecule has 0 fully saturated rings. The van der Waals surface area contributed by atoms with E-state index in [0.717, 1.165) is 0 Å². The normalized spacial score (nSPS) is 13.1. The van der Waals surface area contributed by atoms with Crippen LogP contribution in [0.2, 0.25) is 0 Å². The minimum Gasteiger partial charge on any atom is -0.264 e. The minimum atomic E-state index is -1.34. The van der Waals surface area contributed by atoms with Crippen LogP contribution in [0.1, 0.15) is 24.8 Å². The van der Waals surface area contributed by atoms with E-state index in [1.165, 1.54) is 38.1 Å². The molecule has 0 saturated carbocycles. The topological polar surface area (TPSA) is 86.3 Å². The zero-order valence-electron chi connectivity index (χ0n) is 9.29. The van der Waals surface area contributed by atoms with E-state index in [0.29, 0.717) is 5.56 Å². The Kier molecular flexibility index (Phi) is 3.67. The highest BCUT2D eigenvalue weighted by Gasteiger charge is 2.40. The quantitative estimate of drug-likeness (QED) is 0.472. The van der Waals surface area contributed by atoms with E-state index in [1.807, 2.05) is 0 Å². The summed E-state index contributed by atoms with van der Waals surface area (Å²) in [6, 6.07) is 5.42. The highest BCUT2D eigenvalue weighted by atomic mass is 35.5. The summed E-state index contributed by atoms with van der Waals surface area (Å²) in [5.74, 6) is 0. The van der Waals surface area contributed by atoms with Crippen molar-refractivity contribution in [1.82, 2.24) is 0 Å². The molecule has 0 N–H and O–H groups in total. The summed E-state index contributed by atoms with van der Waals surface area (Å²) in [6.07, 6.45) is 0. The largest absolute Gasteiger partial charge is 0.269 e. The first-order valence-electron chi connectivity index (χ1n) is 4.79. The van der Waals surface area contributed by atoms with Gasteiger partial charge < -0.3 is 0 Å². The fraction of sp³-hybridized carbons (Fsp3) is 0.400. The molecule has 6 nitrogen and oxygen atoms in total. The Morgan fingerprint density at radius 3 is 2.00 bits per heavy atom. The molecule has 0 aliphatic heterocycles. The van der Waals surface area contributed by atoms with Gasteiger partial charge in [0.2, 0.25) is 5.54 Å². The van der Waals surface area contributed by atoms with Gasteiger partial charge in [-0.1, -0.05) is 12.1 Å². The monoisotopic (exact) mass is 258 g/mol. The first kappa shape index (κ1) is 13.4. The van der Waals surface area contributed by atoms with Crippen molar-refractivity contribution in [2.75, 3.05) is 0 Å². The average Bonchev–Trinajstić information content (AvgIpc) is 2.27. The van der Waals surface area contributed by atoms with Crippen molar-refractivity contribution in [2.45, 2.75) is 24.8 Å². The fourth-order valence-electron chi connectivity index (χ4n) is 1.27. The number of rotatable bonds is 4. The third-order valence-corrected chi connectivity index (χ3v) is 3.27. The van der Waals surface area contributed by atoms with Crippen molar-refractivity contribution in [3.8, 4) is 0 Å². The number of halogens is 1. The van der Waals surface area contributed by atoms with Crippen LogP contribution in [0.4, 0.5) is 5.69 Å². The van der Waals surface area contributed by atoms with E-state index in [-0.39, 0.29) is 5.69 Å². The standard InChI is InChI=1S/C10H11ClN2O4/c1-10(2,13(16)17)9(11)7-3-5-8(6-4-7)12(14)15/h3-6,9H,1-2H3. The maximum absolute atomic E-state index is 10.8. The number of alkyl halides is 1. The lowest BCUT2D eigenvalue weighted by Gasteiger charge is -2.21. The smallest absolute Gasteiger partial charge is 0.264 e. The first-order valence-corrected chi connectivity index (χ1v) is 5.23. The lowest BCUT2D eigenvalue weighted by molar-refractivity contribution is -0.561. The molecule has 7 heteroatoms. The number of nitro benzene ring substituents is 1. The molecule has 0 aliphatic rings. The number of non-ortho nitro benzene ring substituents is 1. The molecule has 0 aromatic heterocycles. The number of benzene rings is 1. The van der Waals surface area contributed by atoms with E-state index >= 15 is 0 Å². The minimum absolute atomic E-state index is 0.0727. The Labute approximate surface area is 103 Å². The maximum atomic E-state index is 10.8. The second kappa shape index (κ2) is 4.67. The van der Waals surface area contributed by atoms with E-state index in [1.54, 1.807) is 0 Å². The molecular formula is C10H11ClN2O4. The number of nitro groups is 2. The van der Waals surface area contributed by atoms with E-state index in [9.17, 15) is 20.2 Å². The molecule has 17 heavy (non-hydrogen) atoms. The van der Waals surface area contributed by atoms with Crippen LogP contribution in [0, 0.1) is 20.2 Å². The molecule has 1 rings (SSSR count). The first-order chi connectivity index (χ1) is 7.76. The van der Waals surface area contributed by atoms with Crippen molar-refractivity contribution in [3.63, 3.8) is 0 Å². The maximum Gasteiger partial charge on any atom is 0.269 e. The molecule has 0 bridgehead atoms. The van der Waals surface area contributed by atoms with Crippen LogP contribution >= 0.6 is 11.6 Å². The SMILES string of the molecule is CC(C)(C(Cl)c1ccc([N+](=O)[O-])cc1)[N+](=O)[O-]. The van der Waals surface area contributed by atoms with E-state index < -0.39 is 20.8 Å². The van der Waals surface area contributed by atoms with Gasteiger partial charge in [-0.15, -0.1) is 11.6 Å². The Morgan fingerprint density at radius 1 is 1.18 bits per heavy atom. The Morgan fingerprint density at radius 2 is 1.65 bits per heavy atom. The number of hydrogen-bond donors (Lipinski definition) is 0. The van der Waals surface area contributed by atoms with E-state index in [2.05, 4.69) is 0 Å². The van der Waals surface area contributed by atoms with Gasteiger partial charge in [-0.2, -0.15) is 0 Å². The van der Waals surface area contributed by atoms with Gasteiger partial charge in [0.15, 0.2) is 0 Å². The Balaban J connectivity index is 3.02. The van der Waals surface area contributed by atoms with Gasteiger partial charge in [0, 0.05) is 30.9 Å². The number of nitrogens with zero attached hydrogens (tertiary/aromatic N) is 2. The Hall–Kier alpha value is -1.69. The van der Waals surface area contributed by atoms with Gasteiger partial charge in [0.1, 0.15) is 5.38 Å². The van der Waals surface area contributed by atoms with Crippen LogP contribution < -0.4 is 0 Å².